The van der Waals surface area contributed by atoms with Gasteiger partial charge in [0, 0.05) is 9.86 Å². The lowest BCUT2D eigenvalue weighted by molar-refractivity contribution is -0.139. The van der Waals surface area contributed by atoms with Gasteiger partial charge in [0.1, 0.15) is 11.1 Å². The lowest BCUT2D eigenvalue weighted by Gasteiger charge is -2.06. The maximum atomic E-state index is 12.5. The van der Waals surface area contributed by atoms with Gasteiger partial charge in [0.05, 0.1) is 5.02 Å². The summed E-state index contributed by atoms with van der Waals surface area (Å²) in [5, 5.41) is 0.351. The molecule has 2 rings (SSSR count). The summed E-state index contributed by atoms with van der Waals surface area (Å²) in [6.07, 6.45) is -4.74. The number of rotatable bonds is 0. The van der Waals surface area contributed by atoms with Crippen LogP contribution in [0.4, 0.5) is 13.2 Å². The molecule has 90 valence electrons. The van der Waals surface area contributed by atoms with E-state index in [2.05, 4.69) is 20.3 Å². The quantitative estimate of drug-likeness (QED) is 0.678. The van der Waals surface area contributed by atoms with Crippen molar-refractivity contribution in [1.29, 1.82) is 0 Å². The highest BCUT2D eigenvalue weighted by atomic mass is 79.9. The van der Waals surface area contributed by atoms with Gasteiger partial charge in [-0.05, 0) is 34.1 Å². The molecule has 2 nitrogen and oxygen atoms in total. The van der Waals surface area contributed by atoms with Crippen molar-refractivity contribution < 1.29 is 17.6 Å². The number of hydrogen-bond acceptors (Lipinski definition) is 2. The Morgan fingerprint density at radius 2 is 1.88 bits per heavy atom. The van der Waals surface area contributed by atoms with Crippen LogP contribution in [0.15, 0.2) is 31.9 Å². The standard InChI is InChI=1S/C10H3BrClF3O2/c11-6-3-8-4(2-7(6)12)1-5(9(16)17-8)10(13,14)15/h1-3H. The fourth-order valence-corrected chi connectivity index (χ4v) is 1.81. The molecule has 17 heavy (non-hydrogen) atoms. The number of halogens is 5. The van der Waals surface area contributed by atoms with Gasteiger partial charge in [-0.2, -0.15) is 13.2 Å². The highest BCUT2D eigenvalue weighted by Gasteiger charge is 2.35. The largest absolute Gasteiger partial charge is 0.423 e. The molecule has 0 aliphatic carbocycles. The Morgan fingerprint density at radius 3 is 2.47 bits per heavy atom. The Hall–Kier alpha value is -1.01. The summed E-state index contributed by atoms with van der Waals surface area (Å²) in [7, 11) is 0. The van der Waals surface area contributed by atoms with Gasteiger partial charge in [0.25, 0.3) is 0 Å². The van der Waals surface area contributed by atoms with Gasteiger partial charge in [-0.25, -0.2) is 4.79 Å². The highest BCUT2D eigenvalue weighted by molar-refractivity contribution is 9.10. The minimum atomic E-state index is -4.74. The van der Waals surface area contributed by atoms with Gasteiger partial charge in [0.2, 0.25) is 0 Å². The first-order chi connectivity index (χ1) is 7.79. The van der Waals surface area contributed by atoms with Gasteiger partial charge >= 0.3 is 11.8 Å². The van der Waals surface area contributed by atoms with Crippen molar-refractivity contribution in [2.45, 2.75) is 6.18 Å². The number of hydrogen-bond donors (Lipinski definition) is 0. The predicted octanol–water partition coefficient (Wildman–Crippen LogP) is 4.23. The van der Waals surface area contributed by atoms with Crippen molar-refractivity contribution in [3.05, 3.63) is 43.7 Å². The predicted molar refractivity (Wildman–Crippen MR) is 60.2 cm³/mol. The molecule has 0 N–H and O–H groups in total. The fraction of sp³-hybridized carbons (Fsp3) is 0.100. The Balaban J connectivity index is 2.81. The first kappa shape index (κ1) is 12.4. The molecule has 0 atom stereocenters. The second-order valence-electron chi connectivity index (χ2n) is 3.25. The Bertz CT molecular complexity index is 648. The molecule has 0 amide bonds. The smallest absolute Gasteiger partial charge is 0.422 e. The van der Waals surface area contributed by atoms with E-state index in [1.807, 2.05) is 0 Å². The Morgan fingerprint density at radius 1 is 1.24 bits per heavy atom. The van der Waals surface area contributed by atoms with Crippen LogP contribution in [0.5, 0.6) is 0 Å². The van der Waals surface area contributed by atoms with Gasteiger partial charge < -0.3 is 4.42 Å². The zero-order valence-electron chi connectivity index (χ0n) is 7.94. The summed E-state index contributed by atoms with van der Waals surface area (Å²) in [6.45, 7) is 0. The van der Waals surface area contributed by atoms with Crippen LogP contribution in [0, 0.1) is 0 Å². The molecule has 0 radical (unpaired) electrons. The lowest BCUT2D eigenvalue weighted by Crippen LogP contribution is -2.17. The van der Waals surface area contributed by atoms with Gasteiger partial charge in [-0.15, -0.1) is 0 Å². The molecule has 0 saturated heterocycles. The molecule has 1 aromatic carbocycles. The summed E-state index contributed by atoms with van der Waals surface area (Å²) < 4.78 is 42.4. The average Bonchev–Trinajstić information content (AvgIpc) is 2.18. The molecule has 0 aliphatic heterocycles. The molecule has 0 bridgehead atoms. The Kier molecular flexibility index (Phi) is 2.95. The van der Waals surface area contributed by atoms with Crippen LogP contribution in [0.2, 0.25) is 5.02 Å². The average molecular weight is 327 g/mol. The number of alkyl halides is 3. The molecule has 0 saturated carbocycles. The normalized spacial score (nSPS) is 12.1. The van der Waals surface area contributed by atoms with E-state index in [1.54, 1.807) is 0 Å². The maximum Gasteiger partial charge on any atom is 0.423 e. The fourth-order valence-electron chi connectivity index (χ4n) is 1.31. The zero-order chi connectivity index (χ0) is 12.8. The molecule has 0 fully saturated rings. The van der Waals surface area contributed by atoms with Crippen LogP contribution in [-0.2, 0) is 6.18 Å². The summed E-state index contributed by atoms with van der Waals surface area (Å²) in [5.41, 5.74) is -2.72. The van der Waals surface area contributed by atoms with Crippen molar-refractivity contribution in [1.82, 2.24) is 0 Å². The SMILES string of the molecule is O=c1oc2cc(Br)c(Cl)cc2cc1C(F)(F)F. The zero-order valence-corrected chi connectivity index (χ0v) is 10.3. The van der Waals surface area contributed by atoms with E-state index in [1.165, 1.54) is 12.1 Å². The van der Waals surface area contributed by atoms with Crippen molar-refractivity contribution in [3.8, 4) is 0 Å². The van der Waals surface area contributed by atoms with E-state index >= 15 is 0 Å². The molecule has 0 spiro atoms. The Labute approximate surface area is 106 Å². The summed E-state index contributed by atoms with van der Waals surface area (Å²) in [4.78, 5) is 11.1. The van der Waals surface area contributed by atoms with Crippen molar-refractivity contribution in [2.75, 3.05) is 0 Å². The van der Waals surface area contributed by atoms with Crippen molar-refractivity contribution in [2.24, 2.45) is 0 Å². The molecule has 1 aromatic heterocycles. The third kappa shape index (κ3) is 2.32. The second-order valence-corrected chi connectivity index (χ2v) is 4.51. The monoisotopic (exact) mass is 326 g/mol. The van der Waals surface area contributed by atoms with E-state index in [-0.39, 0.29) is 16.0 Å². The molecule has 0 unspecified atom stereocenters. The summed E-state index contributed by atoms with van der Waals surface area (Å²) >= 11 is 8.83. The molecule has 7 heteroatoms. The first-order valence-electron chi connectivity index (χ1n) is 4.29. The summed E-state index contributed by atoms with van der Waals surface area (Å²) in [5.74, 6) is 0. The molecular formula is C10H3BrClF3O2. The van der Waals surface area contributed by atoms with Crippen molar-refractivity contribution >= 4 is 38.5 Å². The van der Waals surface area contributed by atoms with Crippen LogP contribution in [0.1, 0.15) is 5.56 Å². The highest BCUT2D eigenvalue weighted by Crippen LogP contribution is 2.32. The van der Waals surface area contributed by atoms with Gasteiger partial charge in [-0.1, -0.05) is 11.6 Å². The molecule has 0 aliphatic rings. The van der Waals surface area contributed by atoms with Crippen LogP contribution >= 0.6 is 27.5 Å². The van der Waals surface area contributed by atoms with Crippen LogP contribution in [0.25, 0.3) is 11.0 Å². The van der Waals surface area contributed by atoms with Crippen LogP contribution in [0.3, 0.4) is 0 Å². The van der Waals surface area contributed by atoms with E-state index in [0.29, 0.717) is 4.47 Å². The maximum absolute atomic E-state index is 12.5. The van der Waals surface area contributed by atoms with E-state index in [4.69, 9.17) is 11.6 Å². The van der Waals surface area contributed by atoms with E-state index in [0.717, 1.165) is 6.07 Å². The van der Waals surface area contributed by atoms with Gasteiger partial charge in [0.15, 0.2) is 0 Å². The minimum absolute atomic E-state index is 0.0410. The van der Waals surface area contributed by atoms with E-state index < -0.39 is 17.4 Å². The summed E-state index contributed by atoms with van der Waals surface area (Å²) in [6, 6.07) is 3.36. The minimum Gasteiger partial charge on any atom is -0.422 e. The third-order valence-corrected chi connectivity index (χ3v) is 3.28. The first-order valence-corrected chi connectivity index (χ1v) is 5.46. The topological polar surface area (TPSA) is 30.2 Å². The number of benzene rings is 1. The molecule has 1 heterocycles. The second kappa shape index (κ2) is 4.03. The van der Waals surface area contributed by atoms with Crippen molar-refractivity contribution in [3.63, 3.8) is 0 Å². The van der Waals surface area contributed by atoms with Gasteiger partial charge in [-0.3, -0.25) is 0 Å². The number of fused-ring (bicyclic) bond motifs is 1. The van der Waals surface area contributed by atoms with Crippen LogP contribution < -0.4 is 5.63 Å². The lowest BCUT2D eigenvalue weighted by atomic mass is 10.2. The molecule has 2 aromatic rings. The molecular weight excluding hydrogens is 324 g/mol. The van der Waals surface area contributed by atoms with E-state index in [9.17, 15) is 18.0 Å². The van der Waals surface area contributed by atoms with Crippen LogP contribution in [-0.4, -0.2) is 0 Å². The third-order valence-electron chi connectivity index (χ3n) is 2.08.